The molecule has 0 saturated heterocycles. The lowest BCUT2D eigenvalue weighted by atomic mass is 10.0. The fraction of sp³-hybridized carbons (Fsp3) is 0.286. The summed E-state index contributed by atoms with van der Waals surface area (Å²) in [6, 6.07) is 14.3. The topological polar surface area (TPSA) is 33.5 Å². The van der Waals surface area contributed by atoms with Crippen LogP contribution >= 0.6 is 11.6 Å². The van der Waals surface area contributed by atoms with Gasteiger partial charge in [-0.25, -0.2) is 4.79 Å². The number of halogens is 1. The van der Waals surface area contributed by atoms with E-state index in [0.29, 0.717) is 23.2 Å². The van der Waals surface area contributed by atoms with E-state index in [1.54, 1.807) is 6.07 Å². The molecule has 1 aromatic heterocycles. The third kappa shape index (κ3) is 2.99. The summed E-state index contributed by atoms with van der Waals surface area (Å²) >= 11 is 6.30. The van der Waals surface area contributed by atoms with Gasteiger partial charge in [0.2, 0.25) is 0 Å². The zero-order valence-corrected chi connectivity index (χ0v) is 15.1. The van der Waals surface area contributed by atoms with Crippen molar-refractivity contribution in [2.45, 2.75) is 32.4 Å². The second-order valence-electron chi connectivity index (χ2n) is 6.86. The van der Waals surface area contributed by atoms with Gasteiger partial charge < -0.3 is 4.42 Å². The van der Waals surface area contributed by atoms with Gasteiger partial charge in [-0.05, 0) is 61.2 Å². The van der Waals surface area contributed by atoms with Crippen molar-refractivity contribution in [3.8, 4) is 0 Å². The number of benzene rings is 2. The molecular weight excluding hydrogens is 334 g/mol. The largest absolute Gasteiger partial charge is 0.423 e. The monoisotopic (exact) mass is 353 g/mol. The minimum absolute atomic E-state index is 0.315. The van der Waals surface area contributed by atoms with Crippen molar-refractivity contribution in [1.29, 1.82) is 0 Å². The standard InChI is InChI=1S/C21H20ClNO2/c1-13-9-20-17(11-18(13)22)15(10-21(24)25-20)12-23(2)19-8-7-14-5-3-4-6-16(14)19/h3-6,9-11,19H,7-8,12H2,1-2H3. The average molecular weight is 354 g/mol. The normalized spacial score (nSPS) is 16.6. The average Bonchev–Trinajstić information content (AvgIpc) is 3.01. The number of nitrogens with zero attached hydrogens (tertiary/aromatic N) is 1. The molecule has 0 bridgehead atoms. The highest BCUT2D eigenvalue weighted by Gasteiger charge is 2.26. The first kappa shape index (κ1) is 16.4. The van der Waals surface area contributed by atoms with Crippen molar-refractivity contribution in [3.05, 3.63) is 80.2 Å². The van der Waals surface area contributed by atoms with Crippen molar-refractivity contribution >= 4 is 22.6 Å². The first-order chi connectivity index (χ1) is 12.0. The third-order valence-corrected chi connectivity index (χ3v) is 5.57. The first-order valence-electron chi connectivity index (χ1n) is 8.54. The van der Waals surface area contributed by atoms with E-state index < -0.39 is 0 Å². The molecule has 1 heterocycles. The second kappa shape index (κ2) is 6.32. The molecule has 1 aliphatic rings. The number of hydrogen-bond acceptors (Lipinski definition) is 3. The summed E-state index contributed by atoms with van der Waals surface area (Å²) in [4.78, 5) is 14.3. The number of rotatable bonds is 3. The van der Waals surface area contributed by atoms with Crippen molar-refractivity contribution in [3.63, 3.8) is 0 Å². The summed E-state index contributed by atoms with van der Waals surface area (Å²) in [6.07, 6.45) is 2.21. The summed E-state index contributed by atoms with van der Waals surface area (Å²) in [6.45, 7) is 2.59. The summed E-state index contributed by atoms with van der Waals surface area (Å²) in [5.74, 6) is 0. The molecule has 0 spiro atoms. The van der Waals surface area contributed by atoms with Crippen LogP contribution in [0.1, 0.15) is 34.7 Å². The van der Waals surface area contributed by atoms with Crippen LogP contribution in [0.5, 0.6) is 0 Å². The van der Waals surface area contributed by atoms with Crippen molar-refractivity contribution < 1.29 is 4.42 Å². The molecule has 1 unspecified atom stereocenters. The molecule has 0 aliphatic heterocycles. The van der Waals surface area contributed by atoms with Gasteiger partial charge in [0.05, 0.1) is 0 Å². The highest BCUT2D eigenvalue weighted by molar-refractivity contribution is 6.32. The summed E-state index contributed by atoms with van der Waals surface area (Å²) < 4.78 is 5.37. The van der Waals surface area contributed by atoms with Crippen LogP contribution in [0.25, 0.3) is 11.0 Å². The molecule has 25 heavy (non-hydrogen) atoms. The first-order valence-corrected chi connectivity index (χ1v) is 8.91. The minimum Gasteiger partial charge on any atom is -0.423 e. The van der Waals surface area contributed by atoms with Gasteiger partial charge >= 0.3 is 5.63 Å². The van der Waals surface area contributed by atoms with Gasteiger partial charge in [0, 0.05) is 29.1 Å². The van der Waals surface area contributed by atoms with E-state index in [9.17, 15) is 4.79 Å². The lowest BCUT2D eigenvalue weighted by molar-refractivity contribution is 0.236. The predicted molar refractivity (Wildman–Crippen MR) is 101 cm³/mol. The van der Waals surface area contributed by atoms with E-state index in [-0.39, 0.29) is 5.63 Å². The summed E-state index contributed by atoms with van der Waals surface area (Å²) in [5, 5.41) is 1.60. The molecule has 1 atom stereocenters. The van der Waals surface area contributed by atoms with Crippen LogP contribution in [0.15, 0.2) is 51.7 Å². The van der Waals surface area contributed by atoms with Crippen LogP contribution in [0.3, 0.4) is 0 Å². The van der Waals surface area contributed by atoms with Gasteiger partial charge in [-0.15, -0.1) is 0 Å². The van der Waals surface area contributed by atoms with Gasteiger partial charge in [0.15, 0.2) is 0 Å². The van der Waals surface area contributed by atoms with Gasteiger partial charge in [0.25, 0.3) is 0 Å². The van der Waals surface area contributed by atoms with E-state index >= 15 is 0 Å². The van der Waals surface area contributed by atoms with Crippen LogP contribution < -0.4 is 5.63 Å². The van der Waals surface area contributed by atoms with Crippen molar-refractivity contribution in [2.24, 2.45) is 0 Å². The highest BCUT2D eigenvalue weighted by Crippen LogP contribution is 2.36. The SMILES string of the molecule is Cc1cc2oc(=O)cc(CN(C)C3CCc4ccccc43)c2cc1Cl. The molecule has 2 aromatic carbocycles. The van der Waals surface area contributed by atoms with Gasteiger partial charge in [-0.3, -0.25) is 4.90 Å². The Labute approximate surface area is 151 Å². The number of hydrogen-bond donors (Lipinski definition) is 0. The van der Waals surface area contributed by atoms with Gasteiger partial charge in [-0.1, -0.05) is 35.9 Å². The summed E-state index contributed by atoms with van der Waals surface area (Å²) in [5.41, 5.74) is 4.98. The molecule has 0 fully saturated rings. The number of fused-ring (bicyclic) bond motifs is 2. The zero-order chi connectivity index (χ0) is 17.6. The smallest absolute Gasteiger partial charge is 0.336 e. The molecule has 0 N–H and O–H groups in total. The Balaban J connectivity index is 1.71. The summed E-state index contributed by atoms with van der Waals surface area (Å²) in [7, 11) is 2.11. The molecule has 3 nitrogen and oxygen atoms in total. The Morgan fingerprint density at radius 2 is 2.04 bits per heavy atom. The lowest BCUT2D eigenvalue weighted by Gasteiger charge is -2.25. The minimum atomic E-state index is -0.315. The van der Waals surface area contributed by atoms with Gasteiger partial charge in [-0.2, -0.15) is 0 Å². The van der Waals surface area contributed by atoms with Crippen LogP contribution in [-0.2, 0) is 13.0 Å². The van der Waals surface area contributed by atoms with E-state index in [4.69, 9.17) is 16.0 Å². The maximum atomic E-state index is 12.0. The third-order valence-electron chi connectivity index (χ3n) is 5.16. The Hall–Kier alpha value is -2.10. The second-order valence-corrected chi connectivity index (χ2v) is 7.26. The molecule has 3 aromatic rings. The molecule has 4 heteroatoms. The molecule has 1 aliphatic carbocycles. The van der Waals surface area contributed by atoms with Crippen molar-refractivity contribution in [2.75, 3.05) is 7.05 Å². The van der Waals surface area contributed by atoms with Crippen LogP contribution in [0.2, 0.25) is 5.02 Å². The van der Waals surface area contributed by atoms with Crippen molar-refractivity contribution in [1.82, 2.24) is 4.90 Å². The Kier molecular flexibility index (Phi) is 4.14. The Bertz CT molecular complexity index is 1010. The number of aryl methyl sites for hydroxylation is 2. The van der Waals surface area contributed by atoms with Crippen LogP contribution in [0.4, 0.5) is 0 Å². The Morgan fingerprint density at radius 1 is 1.24 bits per heavy atom. The predicted octanol–water partition coefficient (Wildman–Crippen LogP) is 4.87. The fourth-order valence-corrected chi connectivity index (χ4v) is 4.01. The molecule has 0 amide bonds. The molecule has 0 saturated carbocycles. The molecule has 128 valence electrons. The van der Waals surface area contributed by atoms with E-state index in [2.05, 4.69) is 36.2 Å². The maximum absolute atomic E-state index is 12.0. The molecule has 4 rings (SSSR count). The van der Waals surface area contributed by atoms with E-state index in [0.717, 1.165) is 29.4 Å². The maximum Gasteiger partial charge on any atom is 0.336 e. The van der Waals surface area contributed by atoms with Crippen LogP contribution in [0, 0.1) is 6.92 Å². The van der Waals surface area contributed by atoms with Crippen LogP contribution in [-0.4, -0.2) is 11.9 Å². The zero-order valence-electron chi connectivity index (χ0n) is 14.4. The quantitative estimate of drug-likeness (QED) is 0.629. The Morgan fingerprint density at radius 3 is 2.88 bits per heavy atom. The molecule has 0 radical (unpaired) electrons. The van der Waals surface area contributed by atoms with E-state index in [1.165, 1.54) is 11.1 Å². The van der Waals surface area contributed by atoms with E-state index in [1.807, 2.05) is 19.1 Å². The highest BCUT2D eigenvalue weighted by atomic mass is 35.5. The lowest BCUT2D eigenvalue weighted by Crippen LogP contribution is -2.23. The fourth-order valence-electron chi connectivity index (χ4n) is 3.85. The molecular formula is C21H20ClNO2. The van der Waals surface area contributed by atoms with Gasteiger partial charge in [0.1, 0.15) is 5.58 Å².